The zero-order chi connectivity index (χ0) is 16.8. The zero-order valence-electron chi connectivity index (χ0n) is 13.4. The summed E-state index contributed by atoms with van der Waals surface area (Å²) in [5.41, 5.74) is 0.699. The molecule has 6 nitrogen and oxygen atoms in total. The van der Waals surface area contributed by atoms with Crippen LogP contribution in [0.4, 0.5) is 10.5 Å². The van der Waals surface area contributed by atoms with E-state index >= 15 is 0 Å². The summed E-state index contributed by atoms with van der Waals surface area (Å²) in [4.78, 5) is 28.0. The molecule has 0 bridgehead atoms. The van der Waals surface area contributed by atoms with Crippen molar-refractivity contribution >= 4 is 29.2 Å². The molecular formula is C16H22ClN3O3. The van der Waals surface area contributed by atoms with Gasteiger partial charge >= 0.3 is 6.03 Å². The maximum Gasteiger partial charge on any atom is 0.321 e. The number of ether oxygens (including phenoxy) is 1. The topological polar surface area (TPSA) is 61.9 Å². The zero-order valence-corrected chi connectivity index (χ0v) is 14.2. The highest BCUT2D eigenvalue weighted by Crippen LogP contribution is 2.14. The molecule has 1 heterocycles. The standard InChI is InChI=1S/C16H22ClN3O3/c1-12(23-2)15(21)19-8-3-9-20(11-10-19)16(22)18-14-6-4-13(17)5-7-14/h4-7,12H,3,8-11H2,1-2H3,(H,18,22). The number of hydrogen-bond donors (Lipinski definition) is 1. The third-order valence-corrected chi connectivity index (χ3v) is 4.14. The Bertz CT molecular complexity index is 550. The van der Waals surface area contributed by atoms with Gasteiger partial charge in [0.05, 0.1) is 0 Å². The van der Waals surface area contributed by atoms with Crippen LogP contribution in [0.2, 0.25) is 5.02 Å². The molecule has 1 aliphatic rings. The highest BCUT2D eigenvalue weighted by atomic mass is 35.5. The molecule has 1 aromatic carbocycles. The fraction of sp³-hybridized carbons (Fsp3) is 0.500. The van der Waals surface area contributed by atoms with Gasteiger partial charge < -0.3 is 19.9 Å². The fourth-order valence-electron chi connectivity index (χ4n) is 2.43. The van der Waals surface area contributed by atoms with Crippen LogP contribution < -0.4 is 5.32 Å². The number of nitrogens with zero attached hydrogens (tertiary/aromatic N) is 2. The molecule has 1 unspecified atom stereocenters. The summed E-state index contributed by atoms with van der Waals surface area (Å²) in [7, 11) is 1.52. The summed E-state index contributed by atoms with van der Waals surface area (Å²) >= 11 is 5.83. The number of halogens is 1. The molecule has 1 aliphatic heterocycles. The lowest BCUT2D eigenvalue weighted by molar-refractivity contribution is -0.140. The van der Waals surface area contributed by atoms with Gasteiger partial charge in [0.2, 0.25) is 0 Å². The molecular weight excluding hydrogens is 318 g/mol. The second-order valence-electron chi connectivity index (χ2n) is 5.48. The Balaban J connectivity index is 1.90. The normalized spacial score (nSPS) is 16.7. The van der Waals surface area contributed by atoms with Crippen LogP contribution in [0.25, 0.3) is 0 Å². The Labute approximate surface area is 141 Å². The Hall–Kier alpha value is -1.79. The summed E-state index contributed by atoms with van der Waals surface area (Å²) in [6, 6.07) is 6.81. The quantitative estimate of drug-likeness (QED) is 0.920. The van der Waals surface area contributed by atoms with Gasteiger partial charge in [0.25, 0.3) is 5.91 Å². The summed E-state index contributed by atoms with van der Waals surface area (Å²) in [5, 5.41) is 3.47. The molecule has 3 amide bonds. The monoisotopic (exact) mass is 339 g/mol. The third kappa shape index (κ3) is 4.84. The number of benzene rings is 1. The number of amides is 3. The first-order valence-corrected chi connectivity index (χ1v) is 8.02. The Morgan fingerprint density at radius 3 is 2.39 bits per heavy atom. The minimum Gasteiger partial charge on any atom is -0.372 e. The van der Waals surface area contributed by atoms with Gasteiger partial charge in [0.15, 0.2) is 0 Å². The van der Waals surface area contributed by atoms with Crippen molar-refractivity contribution < 1.29 is 14.3 Å². The molecule has 126 valence electrons. The molecule has 0 radical (unpaired) electrons. The van der Waals surface area contributed by atoms with Gasteiger partial charge in [-0.1, -0.05) is 11.6 Å². The molecule has 0 saturated carbocycles. The summed E-state index contributed by atoms with van der Waals surface area (Å²) in [5.74, 6) is -0.0348. The Kier molecular flexibility index (Phi) is 6.24. The van der Waals surface area contributed by atoms with Crippen LogP contribution in [0.3, 0.4) is 0 Å². The van der Waals surface area contributed by atoms with Crippen LogP contribution in [-0.4, -0.2) is 61.1 Å². The number of carbonyl (C=O) groups excluding carboxylic acids is 2. The van der Waals surface area contributed by atoms with Gasteiger partial charge in [-0.25, -0.2) is 4.79 Å². The van der Waals surface area contributed by atoms with Gasteiger partial charge in [-0.15, -0.1) is 0 Å². The van der Waals surface area contributed by atoms with E-state index < -0.39 is 6.10 Å². The molecule has 7 heteroatoms. The average Bonchev–Trinajstić information content (AvgIpc) is 2.81. The summed E-state index contributed by atoms with van der Waals surface area (Å²) in [6.45, 7) is 4.00. The largest absolute Gasteiger partial charge is 0.372 e. The van der Waals surface area contributed by atoms with E-state index in [2.05, 4.69) is 5.32 Å². The molecule has 1 fully saturated rings. The Morgan fingerprint density at radius 2 is 1.74 bits per heavy atom. The van der Waals surface area contributed by atoms with E-state index in [0.717, 1.165) is 6.42 Å². The van der Waals surface area contributed by atoms with Crippen molar-refractivity contribution in [3.05, 3.63) is 29.3 Å². The second-order valence-corrected chi connectivity index (χ2v) is 5.92. The van der Waals surface area contributed by atoms with Gasteiger partial charge in [-0.2, -0.15) is 0 Å². The number of nitrogens with one attached hydrogen (secondary N) is 1. The number of anilines is 1. The van der Waals surface area contributed by atoms with Crippen molar-refractivity contribution in [3.63, 3.8) is 0 Å². The first-order chi connectivity index (χ1) is 11.0. The van der Waals surface area contributed by atoms with Crippen LogP contribution >= 0.6 is 11.6 Å². The van der Waals surface area contributed by atoms with Crippen molar-refractivity contribution in [1.29, 1.82) is 0 Å². The smallest absolute Gasteiger partial charge is 0.321 e. The molecule has 1 atom stereocenters. The van der Waals surface area contributed by atoms with Crippen LogP contribution in [0, 0.1) is 0 Å². The van der Waals surface area contributed by atoms with Gasteiger partial charge in [0, 0.05) is 44.0 Å². The molecule has 0 aromatic heterocycles. The number of methoxy groups -OCH3 is 1. The lowest BCUT2D eigenvalue weighted by Gasteiger charge is -2.24. The van der Waals surface area contributed by atoms with E-state index in [4.69, 9.17) is 16.3 Å². The number of rotatable bonds is 3. The van der Waals surface area contributed by atoms with Gasteiger partial charge in [0.1, 0.15) is 6.10 Å². The number of urea groups is 1. The maximum atomic E-state index is 12.3. The number of hydrogen-bond acceptors (Lipinski definition) is 3. The van der Waals surface area contributed by atoms with Crippen molar-refractivity contribution in [2.24, 2.45) is 0 Å². The van der Waals surface area contributed by atoms with E-state index in [0.29, 0.717) is 36.9 Å². The van der Waals surface area contributed by atoms with Crippen LogP contribution in [-0.2, 0) is 9.53 Å². The predicted octanol–water partition coefficient (Wildman–Crippen LogP) is 2.44. The lowest BCUT2D eigenvalue weighted by atomic mass is 10.3. The van der Waals surface area contributed by atoms with Gasteiger partial charge in [-0.3, -0.25) is 4.79 Å². The number of carbonyl (C=O) groups is 2. The highest BCUT2D eigenvalue weighted by molar-refractivity contribution is 6.30. The molecule has 1 aromatic rings. The van der Waals surface area contributed by atoms with E-state index in [9.17, 15) is 9.59 Å². The van der Waals surface area contributed by atoms with Crippen LogP contribution in [0.1, 0.15) is 13.3 Å². The SMILES string of the molecule is COC(C)C(=O)N1CCCN(C(=O)Nc2ccc(Cl)cc2)CC1. The van der Waals surface area contributed by atoms with Crippen molar-refractivity contribution in [1.82, 2.24) is 9.80 Å². The maximum absolute atomic E-state index is 12.3. The van der Waals surface area contributed by atoms with E-state index in [1.807, 2.05) is 0 Å². The van der Waals surface area contributed by atoms with Crippen molar-refractivity contribution in [2.75, 3.05) is 38.6 Å². The molecule has 0 aliphatic carbocycles. The van der Waals surface area contributed by atoms with Gasteiger partial charge in [-0.05, 0) is 37.6 Å². The molecule has 1 saturated heterocycles. The summed E-state index contributed by atoms with van der Waals surface area (Å²) < 4.78 is 5.07. The van der Waals surface area contributed by atoms with Crippen molar-refractivity contribution in [3.8, 4) is 0 Å². The van der Waals surface area contributed by atoms with E-state index in [1.54, 1.807) is 41.0 Å². The highest BCUT2D eigenvalue weighted by Gasteiger charge is 2.24. The second kappa shape index (κ2) is 8.17. The van der Waals surface area contributed by atoms with Crippen LogP contribution in [0.5, 0.6) is 0 Å². The van der Waals surface area contributed by atoms with Crippen LogP contribution in [0.15, 0.2) is 24.3 Å². The molecule has 23 heavy (non-hydrogen) atoms. The minimum atomic E-state index is -0.454. The average molecular weight is 340 g/mol. The molecule has 1 N–H and O–H groups in total. The first kappa shape index (κ1) is 17.6. The van der Waals surface area contributed by atoms with E-state index in [-0.39, 0.29) is 11.9 Å². The molecule has 2 rings (SSSR count). The predicted molar refractivity (Wildman–Crippen MR) is 89.7 cm³/mol. The Morgan fingerprint density at radius 1 is 1.13 bits per heavy atom. The third-order valence-electron chi connectivity index (χ3n) is 3.89. The lowest BCUT2D eigenvalue weighted by Crippen LogP contribution is -2.42. The summed E-state index contributed by atoms with van der Waals surface area (Å²) in [6.07, 6.45) is 0.292. The molecule has 0 spiro atoms. The van der Waals surface area contributed by atoms with E-state index in [1.165, 1.54) is 7.11 Å². The first-order valence-electron chi connectivity index (χ1n) is 7.64. The van der Waals surface area contributed by atoms with Crippen molar-refractivity contribution in [2.45, 2.75) is 19.4 Å². The fourth-order valence-corrected chi connectivity index (χ4v) is 2.56. The minimum absolute atomic E-state index is 0.0348.